The van der Waals surface area contributed by atoms with E-state index < -0.39 is 12.0 Å². The molecule has 1 atom stereocenters. The molecule has 1 aromatic rings. The molecule has 1 aliphatic carbocycles. The third-order valence-electron chi connectivity index (χ3n) is 4.68. The van der Waals surface area contributed by atoms with Gasteiger partial charge in [0.2, 0.25) is 0 Å². The fourth-order valence-corrected chi connectivity index (χ4v) is 3.30. The molecular formula is C18H23NO6. The van der Waals surface area contributed by atoms with E-state index in [1.165, 1.54) is 4.90 Å². The van der Waals surface area contributed by atoms with E-state index in [9.17, 15) is 14.7 Å². The van der Waals surface area contributed by atoms with E-state index in [1.807, 2.05) is 0 Å². The van der Waals surface area contributed by atoms with Gasteiger partial charge >= 0.3 is 5.97 Å². The van der Waals surface area contributed by atoms with Crippen molar-refractivity contribution in [3.8, 4) is 11.5 Å². The minimum atomic E-state index is -1.07. The van der Waals surface area contributed by atoms with Crippen LogP contribution in [0.5, 0.6) is 11.5 Å². The maximum Gasteiger partial charge on any atom is 0.328 e. The van der Waals surface area contributed by atoms with Gasteiger partial charge in [0, 0.05) is 12.1 Å². The molecule has 136 valence electrons. The van der Waals surface area contributed by atoms with Crippen LogP contribution in [0.2, 0.25) is 0 Å². The van der Waals surface area contributed by atoms with Crippen LogP contribution in [0.25, 0.3) is 0 Å². The average molecular weight is 349 g/mol. The highest BCUT2D eigenvalue weighted by atomic mass is 16.5. The van der Waals surface area contributed by atoms with Crippen LogP contribution in [0.4, 0.5) is 0 Å². The number of aliphatic carboxylic acids is 1. The molecule has 1 aromatic carbocycles. The number of hydrogen-bond donors (Lipinski definition) is 1. The Labute approximate surface area is 146 Å². The Morgan fingerprint density at radius 2 is 2.00 bits per heavy atom. The number of carbonyl (C=O) groups excluding carboxylic acids is 1. The summed E-state index contributed by atoms with van der Waals surface area (Å²) in [6.45, 7) is 0.584. The highest BCUT2D eigenvalue weighted by molar-refractivity contribution is 5.97. The molecule has 0 aromatic heterocycles. The smallest absolute Gasteiger partial charge is 0.328 e. The number of nitrogens with zero attached hydrogens (tertiary/aromatic N) is 1. The first-order valence-corrected chi connectivity index (χ1v) is 8.56. The van der Waals surface area contributed by atoms with Crippen molar-refractivity contribution < 1.29 is 28.9 Å². The molecule has 1 amide bonds. The van der Waals surface area contributed by atoms with Crippen LogP contribution in [-0.2, 0) is 9.53 Å². The Morgan fingerprint density at radius 3 is 2.68 bits per heavy atom. The van der Waals surface area contributed by atoms with Crippen molar-refractivity contribution in [3.05, 3.63) is 23.8 Å². The summed E-state index contributed by atoms with van der Waals surface area (Å²) in [7, 11) is 1.56. The summed E-state index contributed by atoms with van der Waals surface area (Å²) >= 11 is 0. The molecule has 2 fully saturated rings. The molecule has 25 heavy (non-hydrogen) atoms. The highest BCUT2D eigenvalue weighted by Crippen LogP contribution is 2.33. The van der Waals surface area contributed by atoms with Gasteiger partial charge in [-0.25, -0.2) is 4.79 Å². The average Bonchev–Trinajstić information content (AvgIpc) is 3.14. The van der Waals surface area contributed by atoms with Crippen LogP contribution in [0.1, 0.15) is 36.0 Å². The zero-order valence-electron chi connectivity index (χ0n) is 14.3. The van der Waals surface area contributed by atoms with Gasteiger partial charge in [-0.2, -0.15) is 0 Å². The maximum absolute atomic E-state index is 12.8. The zero-order valence-corrected chi connectivity index (χ0v) is 14.3. The molecule has 7 nitrogen and oxygen atoms in total. The summed E-state index contributed by atoms with van der Waals surface area (Å²) < 4.78 is 16.5. The lowest BCUT2D eigenvalue weighted by Crippen LogP contribution is -2.52. The van der Waals surface area contributed by atoms with Crippen molar-refractivity contribution in [2.24, 2.45) is 0 Å². The standard InChI is InChI=1S/C18H23NO6/c1-23-15-7-6-12(10-16(15)25-13-4-2-3-5-13)17(20)19-8-9-24-11-14(19)18(21)22/h6-7,10,13-14H,2-5,8-9,11H2,1H3,(H,21,22). The van der Waals surface area contributed by atoms with E-state index in [4.69, 9.17) is 14.2 Å². The number of rotatable bonds is 5. The van der Waals surface area contributed by atoms with Crippen LogP contribution in [0.3, 0.4) is 0 Å². The van der Waals surface area contributed by atoms with Crippen LogP contribution < -0.4 is 9.47 Å². The van der Waals surface area contributed by atoms with Crippen molar-refractivity contribution in [2.75, 3.05) is 26.9 Å². The van der Waals surface area contributed by atoms with E-state index >= 15 is 0 Å². The van der Waals surface area contributed by atoms with E-state index in [2.05, 4.69) is 0 Å². The number of benzene rings is 1. The van der Waals surface area contributed by atoms with Crippen LogP contribution >= 0.6 is 0 Å². The van der Waals surface area contributed by atoms with Crippen LogP contribution in [-0.4, -0.2) is 60.9 Å². The molecule has 1 saturated carbocycles. The summed E-state index contributed by atoms with van der Waals surface area (Å²) in [6, 6.07) is 4.00. The number of morpholine rings is 1. The monoisotopic (exact) mass is 349 g/mol. The lowest BCUT2D eigenvalue weighted by Gasteiger charge is -2.33. The second kappa shape index (κ2) is 7.74. The fourth-order valence-electron chi connectivity index (χ4n) is 3.30. The van der Waals surface area contributed by atoms with Gasteiger partial charge in [-0.15, -0.1) is 0 Å². The van der Waals surface area contributed by atoms with Gasteiger partial charge in [0.25, 0.3) is 5.91 Å². The quantitative estimate of drug-likeness (QED) is 0.874. The third kappa shape index (κ3) is 3.87. The molecule has 0 radical (unpaired) electrons. The largest absolute Gasteiger partial charge is 0.493 e. The van der Waals surface area contributed by atoms with Crippen molar-refractivity contribution in [1.29, 1.82) is 0 Å². The number of methoxy groups -OCH3 is 1. The molecular weight excluding hydrogens is 326 g/mol. The van der Waals surface area contributed by atoms with Gasteiger partial charge in [0.1, 0.15) is 0 Å². The second-order valence-corrected chi connectivity index (χ2v) is 6.32. The Kier molecular flexibility index (Phi) is 5.43. The Bertz CT molecular complexity index is 640. The number of amides is 1. The first-order valence-electron chi connectivity index (χ1n) is 8.56. The molecule has 3 rings (SSSR count). The van der Waals surface area contributed by atoms with Gasteiger partial charge in [0.15, 0.2) is 17.5 Å². The molecule has 1 N–H and O–H groups in total. The highest BCUT2D eigenvalue weighted by Gasteiger charge is 2.33. The SMILES string of the molecule is COc1ccc(C(=O)N2CCOCC2C(=O)O)cc1OC1CCCC1. The van der Waals surface area contributed by atoms with Crippen LogP contribution in [0.15, 0.2) is 18.2 Å². The summed E-state index contributed by atoms with van der Waals surface area (Å²) in [5.41, 5.74) is 0.391. The van der Waals surface area contributed by atoms with Gasteiger partial charge in [-0.1, -0.05) is 0 Å². The Hall–Kier alpha value is -2.28. The fraction of sp³-hybridized carbons (Fsp3) is 0.556. The molecule has 1 saturated heterocycles. The molecule has 0 spiro atoms. The van der Waals surface area contributed by atoms with Gasteiger partial charge < -0.3 is 24.2 Å². The zero-order chi connectivity index (χ0) is 17.8. The number of carboxylic acid groups (broad SMARTS) is 1. The van der Waals surface area contributed by atoms with E-state index in [1.54, 1.807) is 25.3 Å². The lowest BCUT2D eigenvalue weighted by molar-refractivity contribution is -0.147. The molecule has 1 heterocycles. The topological polar surface area (TPSA) is 85.3 Å². The Balaban J connectivity index is 1.82. The number of hydrogen-bond acceptors (Lipinski definition) is 5. The summed E-state index contributed by atoms with van der Waals surface area (Å²) in [6.07, 6.45) is 4.39. The predicted octanol–water partition coefficient (Wildman–Crippen LogP) is 1.94. The molecule has 1 aliphatic heterocycles. The van der Waals surface area contributed by atoms with Crippen molar-refractivity contribution in [1.82, 2.24) is 4.90 Å². The number of carbonyl (C=O) groups is 2. The molecule has 1 unspecified atom stereocenters. The van der Waals surface area contributed by atoms with E-state index in [0.717, 1.165) is 25.7 Å². The summed E-state index contributed by atoms with van der Waals surface area (Å²) in [5.74, 6) is -0.306. The van der Waals surface area contributed by atoms with E-state index in [-0.39, 0.29) is 25.2 Å². The summed E-state index contributed by atoms with van der Waals surface area (Å²) in [5, 5.41) is 9.31. The summed E-state index contributed by atoms with van der Waals surface area (Å²) in [4.78, 5) is 25.5. The second-order valence-electron chi connectivity index (χ2n) is 6.32. The number of ether oxygens (including phenoxy) is 3. The molecule has 2 aliphatic rings. The van der Waals surface area contributed by atoms with Gasteiger partial charge in [-0.05, 0) is 43.9 Å². The molecule has 0 bridgehead atoms. The minimum absolute atomic E-state index is 0.00264. The minimum Gasteiger partial charge on any atom is -0.493 e. The van der Waals surface area contributed by atoms with Crippen molar-refractivity contribution in [3.63, 3.8) is 0 Å². The lowest BCUT2D eigenvalue weighted by atomic mass is 10.1. The first kappa shape index (κ1) is 17.5. The normalized spacial score (nSPS) is 21.2. The van der Waals surface area contributed by atoms with Crippen molar-refractivity contribution >= 4 is 11.9 Å². The van der Waals surface area contributed by atoms with Crippen LogP contribution in [0, 0.1) is 0 Å². The maximum atomic E-state index is 12.8. The molecule has 7 heteroatoms. The van der Waals surface area contributed by atoms with Crippen molar-refractivity contribution in [2.45, 2.75) is 37.8 Å². The van der Waals surface area contributed by atoms with E-state index in [0.29, 0.717) is 23.7 Å². The predicted molar refractivity (Wildman–Crippen MR) is 89.2 cm³/mol. The van der Waals surface area contributed by atoms with Gasteiger partial charge in [0.05, 0.1) is 26.4 Å². The van der Waals surface area contributed by atoms with Gasteiger partial charge in [-0.3, -0.25) is 4.79 Å². The third-order valence-corrected chi connectivity index (χ3v) is 4.68. The first-order chi connectivity index (χ1) is 12.1. The number of carboxylic acids is 1. The Morgan fingerprint density at radius 1 is 1.24 bits per heavy atom.